The molecule has 0 saturated heterocycles. The number of hydrogen-bond donors (Lipinski definition) is 0. The highest BCUT2D eigenvalue weighted by molar-refractivity contribution is 6.13. The predicted octanol–water partition coefficient (Wildman–Crippen LogP) is 14.6. The molecule has 0 saturated carbocycles. The third-order valence-electron chi connectivity index (χ3n) is 12.9. The van der Waals surface area contributed by atoms with Gasteiger partial charge in [-0.25, -0.2) is 9.97 Å². The van der Waals surface area contributed by atoms with E-state index in [0.29, 0.717) is 28.1 Å². The maximum Gasteiger partial charge on any atom is 0.161 e. The normalized spacial score (nSPS) is 11.2. The average molecular weight is 866 g/mol. The van der Waals surface area contributed by atoms with Crippen molar-refractivity contribution in [2.45, 2.75) is 0 Å². The van der Waals surface area contributed by atoms with Gasteiger partial charge in [0.25, 0.3) is 0 Å². The summed E-state index contributed by atoms with van der Waals surface area (Å²) in [6.07, 6.45) is 0. The molecule has 0 amide bonds. The molecule has 0 aliphatic rings. The van der Waals surface area contributed by atoms with Gasteiger partial charge in [-0.1, -0.05) is 146 Å². The lowest BCUT2D eigenvalue weighted by atomic mass is 9.98. The molecule has 314 valence electrons. The summed E-state index contributed by atoms with van der Waals surface area (Å²) in [6.45, 7) is 0. The first-order valence-electron chi connectivity index (χ1n) is 22.2. The first kappa shape index (κ1) is 39.7. The van der Waals surface area contributed by atoms with E-state index in [-0.39, 0.29) is 0 Å². The van der Waals surface area contributed by atoms with Gasteiger partial charge < -0.3 is 9.13 Å². The number of aromatic nitrogens is 4. The number of benzene rings is 9. The van der Waals surface area contributed by atoms with Crippen LogP contribution >= 0.6 is 0 Å². The Hall–Kier alpha value is -9.87. The largest absolute Gasteiger partial charge is 0.307 e. The van der Waals surface area contributed by atoms with Crippen molar-refractivity contribution < 1.29 is 0 Å². The second kappa shape index (κ2) is 16.3. The number of rotatable bonds is 7. The molecule has 0 fully saturated rings. The van der Waals surface area contributed by atoms with E-state index >= 15 is 0 Å². The Balaban J connectivity index is 1.19. The summed E-state index contributed by atoms with van der Waals surface area (Å²) in [5, 5.41) is 35.6. The SMILES string of the molecule is N#Cc1ccccc1-c1ccc2c(c1)c1ccccc1n2-c1cc(C#N)c(-c2nc(-c3ccccc3)cc(-c3ccccc3)n2)cc1-n1c2ccccc2c2cc(-c3ccccc3C#N)ccc21. The molecule has 68 heavy (non-hydrogen) atoms. The second-order valence-electron chi connectivity index (χ2n) is 16.7. The van der Waals surface area contributed by atoms with Crippen molar-refractivity contribution in [1.82, 2.24) is 19.1 Å². The van der Waals surface area contributed by atoms with Gasteiger partial charge in [-0.2, -0.15) is 15.8 Å². The summed E-state index contributed by atoms with van der Waals surface area (Å²) >= 11 is 0. The molecule has 0 aliphatic carbocycles. The molecule has 0 bridgehead atoms. The number of nitriles is 3. The fourth-order valence-electron chi connectivity index (χ4n) is 9.76. The highest BCUT2D eigenvalue weighted by atomic mass is 15.1. The van der Waals surface area contributed by atoms with E-state index in [0.717, 1.165) is 99.8 Å². The maximum atomic E-state index is 11.3. The average Bonchev–Trinajstić information content (AvgIpc) is 3.92. The minimum absolute atomic E-state index is 0.412. The topological polar surface area (TPSA) is 107 Å². The molecule has 0 aliphatic heterocycles. The van der Waals surface area contributed by atoms with Crippen molar-refractivity contribution in [2.75, 3.05) is 0 Å². The smallest absolute Gasteiger partial charge is 0.161 e. The molecule has 12 rings (SSSR count). The van der Waals surface area contributed by atoms with Crippen molar-refractivity contribution in [1.29, 1.82) is 15.8 Å². The van der Waals surface area contributed by atoms with Crippen molar-refractivity contribution >= 4 is 43.6 Å². The maximum absolute atomic E-state index is 11.3. The van der Waals surface area contributed by atoms with Crippen molar-refractivity contribution in [3.8, 4) is 85.7 Å². The third-order valence-corrected chi connectivity index (χ3v) is 12.9. The number of nitrogens with zero attached hydrogens (tertiary/aromatic N) is 7. The zero-order valence-corrected chi connectivity index (χ0v) is 36.3. The first-order chi connectivity index (χ1) is 33.6. The van der Waals surface area contributed by atoms with Gasteiger partial charge in [0.1, 0.15) is 0 Å². The lowest BCUT2D eigenvalue weighted by Crippen LogP contribution is -2.06. The van der Waals surface area contributed by atoms with E-state index in [4.69, 9.17) is 9.97 Å². The lowest BCUT2D eigenvalue weighted by Gasteiger charge is -2.19. The fraction of sp³-hybridized carbons (Fsp3) is 0. The quantitative estimate of drug-likeness (QED) is 0.159. The highest BCUT2D eigenvalue weighted by Crippen LogP contribution is 2.43. The number of para-hydroxylation sites is 2. The standard InChI is InChI=1S/C61H35N7/c62-36-43-19-7-9-21-46(43)41-27-29-57-51(31-41)48-23-11-13-25-55(48)67(57)59-33-45(38-64)50(61-65-53(39-15-3-1-4-16-39)35-54(66-61)40-17-5-2-6-18-40)34-60(59)68-56-26-14-12-24-49(56)52-32-42(28-30-58(52)68)47-22-10-8-20-44(47)37-63/h1-35H. The van der Waals surface area contributed by atoms with Crippen molar-refractivity contribution in [3.63, 3.8) is 0 Å². The van der Waals surface area contributed by atoms with Crippen LogP contribution in [-0.2, 0) is 0 Å². The van der Waals surface area contributed by atoms with E-state index in [1.54, 1.807) is 0 Å². The van der Waals surface area contributed by atoms with Crippen LogP contribution in [0.5, 0.6) is 0 Å². The van der Waals surface area contributed by atoms with Crippen LogP contribution in [0.25, 0.3) is 111 Å². The molecule has 3 aromatic heterocycles. The van der Waals surface area contributed by atoms with E-state index < -0.39 is 0 Å². The molecular formula is C61H35N7. The van der Waals surface area contributed by atoms with E-state index in [2.05, 4.69) is 100 Å². The highest BCUT2D eigenvalue weighted by Gasteiger charge is 2.24. The van der Waals surface area contributed by atoms with Crippen LogP contribution in [-0.4, -0.2) is 19.1 Å². The van der Waals surface area contributed by atoms with Crippen LogP contribution in [0.15, 0.2) is 212 Å². The van der Waals surface area contributed by atoms with Gasteiger partial charge >= 0.3 is 0 Å². The van der Waals surface area contributed by atoms with Crippen LogP contribution < -0.4 is 0 Å². The molecule has 3 heterocycles. The summed E-state index contributed by atoms with van der Waals surface area (Å²) in [7, 11) is 0. The van der Waals surface area contributed by atoms with Crippen LogP contribution in [0.1, 0.15) is 16.7 Å². The van der Waals surface area contributed by atoms with E-state index in [9.17, 15) is 15.8 Å². The Morgan fingerprint density at radius 1 is 0.309 bits per heavy atom. The Labute approximate surface area is 391 Å². The fourth-order valence-corrected chi connectivity index (χ4v) is 9.76. The van der Waals surface area contributed by atoms with E-state index in [1.165, 1.54) is 0 Å². The summed E-state index contributed by atoms with van der Waals surface area (Å²) in [4.78, 5) is 10.5. The minimum Gasteiger partial charge on any atom is -0.307 e. The molecule has 7 heteroatoms. The molecule has 0 N–H and O–H groups in total. The molecule has 0 unspecified atom stereocenters. The summed E-state index contributed by atoms with van der Waals surface area (Å²) in [6, 6.07) is 78.3. The predicted molar refractivity (Wildman–Crippen MR) is 272 cm³/mol. The Morgan fingerprint density at radius 2 is 0.721 bits per heavy atom. The van der Waals surface area contributed by atoms with Gasteiger partial charge in [-0.05, 0) is 89.0 Å². The Bertz CT molecular complexity index is 4060. The second-order valence-corrected chi connectivity index (χ2v) is 16.7. The number of hydrogen-bond acceptors (Lipinski definition) is 5. The Kier molecular flexibility index (Phi) is 9.51. The summed E-state index contributed by atoms with van der Waals surface area (Å²) in [5.74, 6) is 0.425. The van der Waals surface area contributed by atoms with Gasteiger partial charge in [0.05, 0.1) is 79.7 Å². The minimum atomic E-state index is 0.412. The zero-order valence-electron chi connectivity index (χ0n) is 36.3. The number of fused-ring (bicyclic) bond motifs is 6. The molecule has 0 radical (unpaired) electrons. The molecule has 12 aromatic rings. The van der Waals surface area contributed by atoms with Gasteiger partial charge in [-0.3, -0.25) is 0 Å². The van der Waals surface area contributed by atoms with Gasteiger partial charge in [-0.15, -0.1) is 0 Å². The zero-order chi connectivity index (χ0) is 45.7. The molecule has 7 nitrogen and oxygen atoms in total. The molecule has 0 spiro atoms. The van der Waals surface area contributed by atoms with Gasteiger partial charge in [0.15, 0.2) is 5.82 Å². The summed E-state index contributed by atoms with van der Waals surface area (Å²) in [5.41, 5.74) is 14.5. The molecule has 0 atom stereocenters. The van der Waals surface area contributed by atoms with Crippen molar-refractivity contribution in [2.24, 2.45) is 0 Å². The van der Waals surface area contributed by atoms with Crippen LogP contribution in [0.4, 0.5) is 0 Å². The molecular weight excluding hydrogens is 831 g/mol. The lowest BCUT2D eigenvalue weighted by molar-refractivity contribution is 1.09. The summed E-state index contributed by atoms with van der Waals surface area (Å²) < 4.78 is 4.53. The van der Waals surface area contributed by atoms with Crippen LogP contribution in [0.3, 0.4) is 0 Å². The van der Waals surface area contributed by atoms with Crippen LogP contribution in [0.2, 0.25) is 0 Å². The van der Waals surface area contributed by atoms with Crippen molar-refractivity contribution in [3.05, 3.63) is 229 Å². The third kappa shape index (κ3) is 6.49. The van der Waals surface area contributed by atoms with E-state index in [1.807, 2.05) is 140 Å². The van der Waals surface area contributed by atoms with Gasteiger partial charge in [0.2, 0.25) is 0 Å². The first-order valence-corrected chi connectivity index (χ1v) is 22.2. The van der Waals surface area contributed by atoms with Gasteiger partial charge in [0, 0.05) is 38.2 Å². The monoisotopic (exact) mass is 865 g/mol. The van der Waals surface area contributed by atoms with Crippen LogP contribution in [0, 0.1) is 34.0 Å². The molecule has 9 aromatic carbocycles. The Morgan fingerprint density at radius 3 is 1.21 bits per heavy atom.